The van der Waals surface area contributed by atoms with Crippen LogP contribution < -0.4 is 5.73 Å². The zero-order chi connectivity index (χ0) is 12.5. The largest absolute Gasteiger partial charge is 0.506 e. The van der Waals surface area contributed by atoms with E-state index < -0.39 is 0 Å². The van der Waals surface area contributed by atoms with Gasteiger partial charge in [0.2, 0.25) is 5.82 Å². The number of nitrogen functional groups attached to an aromatic ring is 1. The molecular weight excluding hydrogens is 232 g/mol. The lowest BCUT2D eigenvalue weighted by Gasteiger charge is -1.99. The van der Waals surface area contributed by atoms with Gasteiger partial charge in [0.1, 0.15) is 5.75 Å². The van der Waals surface area contributed by atoms with Crippen LogP contribution in [0.25, 0.3) is 23.0 Å². The van der Waals surface area contributed by atoms with Crippen molar-refractivity contribution in [3.63, 3.8) is 0 Å². The highest BCUT2D eigenvalue weighted by molar-refractivity contribution is 5.65. The van der Waals surface area contributed by atoms with Crippen LogP contribution in [0.2, 0.25) is 0 Å². The van der Waals surface area contributed by atoms with E-state index >= 15 is 0 Å². The lowest BCUT2D eigenvalue weighted by Crippen LogP contribution is -1.86. The lowest BCUT2D eigenvalue weighted by molar-refractivity contribution is 0.431. The van der Waals surface area contributed by atoms with E-state index in [4.69, 9.17) is 10.3 Å². The number of hydrogen-bond donors (Lipinski definition) is 3. The number of aromatic nitrogens is 3. The van der Waals surface area contributed by atoms with Gasteiger partial charge in [0.25, 0.3) is 5.89 Å². The number of anilines is 1. The molecule has 0 unspecified atom stereocenters. The van der Waals surface area contributed by atoms with E-state index in [-0.39, 0.29) is 5.75 Å². The molecule has 6 heteroatoms. The van der Waals surface area contributed by atoms with Crippen molar-refractivity contribution in [2.24, 2.45) is 0 Å². The summed E-state index contributed by atoms with van der Waals surface area (Å²) in [6, 6.07) is 8.47. The number of phenols is 1. The van der Waals surface area contributed by atoms with Crippen LogP contribution in [-0.2, 0) is 0 Å². The van der Waals surface area contributed by atoms with Crippen LogP contribution in [0.5, 0.6) is 5.75 Å². The number of phenolic OH excluding ortho intramolecular Hbond substituents is 1. The Morgan fingerprint density at radius 1 is 1.28 bits per heavy atom. The van der Waals surface area contributed by atoms with Crippen molar-refractivity contribution in [3.05, 3.63) is 36.5 Å². The third-order valence-electron chi connectivity index (χ3n) is 2.54. The Kier molecular flexibility index (Phi) is 2.26. The Bertz CT molecular complexity index is 673. The number of aromatic amines is 1. The molecule has 0 saturated heterocycles. The van der Waals surface area contributed by atoms with Gasteiger partial charge in [-0.05, 0) is 30.3 Å². The first-order valence-electron chi connectivity index (χ1n) is 5.30. The number of nitrogens with one attached hydrogen (secondary N) is 1. The zero-order valence-electron chi connectivity index (χ0n) is 9.29. The Balaban J connectivity index is 2.00. The maximum absolute atomic E-state index is 9.53. The van der Waals surface area contributed by atoms with Crippen LogP contribution in [0.4, 0.5) is 5.69 Å². The van der Waals surface area contributed by atoms with Gasteiger partial charge in [0, 0.05) is 11.8 Å². The molecule has 2 aromatic heterocycles. The summed E-state index contributed by atoms with van der Waals surface area (Å²) in [5, 5.41) is 13.4. The highest BCUT2D eigenvalue weighted by atomic mass is 16.5. The first-order chi connectivity index (χ1) is 8.74. The summed E-state index contributed by atoms with van der Waals surface area (Å²) in [6.45, 7) is 0. The summed E-state index contributed by atoms with van der Waals surface area (Å²) in [7, 11) is 0. The smallest absolute Gasteiger partial charge is 0.258 e. The molecule has 0 spiro atoms. The van der Waals surface area contributed by atoms with Gasteiger partial charge in [-0.25, -0.2) is 0 Å². The molecule has 4 N–H and O–H groups in total. The molecular formula is C12H10N4O2. The fourth-order valence-electron chi connectivity index (χ4n) is 1.60. The molecule has 0 aliphatic carbocycles. The Hall–Kier alpha value is -2.76. The molecule has 0 radical (unpaired) electrons. The Morgan fingerprint density at radius 3 is 2.89 bits per heavy atom. The minimum Gasteiger partial charge on any atom is -0.506 e. The topological polar surface area (TPSA) is 101 Å². The van der Waals surface area contributed by atoms with Crippen LogP contribution in [-0.4, -0.2) is 20.2 Å². The molecule has 3 rings (SSSR count). The number of hydrogen-bond acceptors (Lipinski definition) is 5. The van der Waals surface area contributed by atoms with Crippen LogP contribution in [0, 0.1) is 0 Å². The van der Waals surface area contributed by atoms with E-state index in [1.165, 1.54) is 6.07 Å². The molecule has 90 valence electrons. The van der Waals surface area contributed by atoms with Gasteiger partial charge in [0.05, 0.1) is 11.4 Å². The van der Waals surface area contributed by atoms with Gasteiger partial charge < -0.3 is 20.3 Å². The van der Waals surface area contributed by atoms with Crippen molar-refractivity contribution in [1.82, 2.24) is 15.1 Å². The second kappa shape index (κ2) is 3.92. The van der Waals surface area contributed by atoms with Gasteiger partial charge in [-0.2, -0.15) is 4.98 Å². The SMILES string of the molecule is Nc1ccc(-c2nc(-c3ccc[nH]3)no2)cc1O. The minimum absolute atomic E-state index is 0.00729. The second-order valence-corrected chi connectivity index (χ2v) is 3.78. The van der Waals surface area contributed by atoms with Crippen LogP contribution in [0.3, 0.4) is 0 Å². The predicted molar refractivity (Wildman–Crippen MR) is 65.6 cm³/mol. The van der Waals surface area contributed by atoms with E-state index in [0.717, 1.165) is 5.69 Å². The monoisotopic (exact) mass is 242 g/mol. The van der Waals surface area contributed by atoms with E-state index in [1.54, 1.807) is 18.3 Å². The maximum atomic E-state index is 9.53. The highest BCUT2D eigenvalue weighted by Crippen LogP contribution is 2.27. The first-order valence-corrected chi connectivity index (χ1v) is 5.30. The van der Waals surface area contributed by atoms with Gasteiger partial charge in [-0.15, -0.1) is 0 Å². The molecule has 1 aromatic carbocycles. The van der Waals surface area contributed by atoms with Crippen molar-refractivity contribution in [2.75, 3.05) is 5.73 Å². The van der Waals surface area contributed by atoms with Crippen molar-refractivity contribution in [1.29, 1.82) is 0 Å². The predicted octanol–water partition coefficient (Wildman–Crippen LogP) is 2.02. The van der Waals surface area contributed by atoms with Crippen LogP contribution in [0.1, 0.15) is 0 Å². The molecule has 3 aromatic rings. The molecule has 0 saturated carbocycles. The highest BCUT2D eigenvalue weighted by Gasteiger charge is 2.12. The second-order valence-electron chi connectivity index (χ2n) is 3.78. The average Bonchev–Trinajstić information content (AvgIpc) is 3.01. The average molecular weight is 242 g/mol. The van der Waals surface area contributed by atoms with Gasteiger partial charge >= 0.3 is 0 Å². The number of benzene rings is 1. The van der Waals surface area contributed by atoms with Crippen LogP contribution in [0.15, 0.2) is 41.1 Å². The molecule has 0 fully saturated rings. The number of aromatic hydroxyl groups is 1. The normalized spacial score (nSPS) is 10.7. The third-order valence-corrected chi connectivity index (χ3v) is 2.54. The summed E-state index contributed by atoms with van der Waals surface area (Å²) < 4.78 is 5.14. The Labute approximate surface area is 102 Å². The quantitative estimate of drug-likeness (QED) is 0.471. The molecule has 6 nitrogen and oxygen atoms in total. The Morgan fingerprint density at radius 2 is 2.17 bits per heavy atom. The van der Waals surface area contributed by atoms with E-state index in [2.05, 4.69) is 15.1 Å². The molecule has 0 amide bonds. The van der Waals surface area contributed by atoms with Gasteiger partial charge in [-0.1, -0.05) is 5.16 Å². The first kappa shape index (κ1) is 10.4. The maximum Gasteiger partial charge on any atom is 0.258 e. The van der Waals surface area contributed by atoms with Gasteiger partial charge in [-0.3, -0.25) is 0 Å². The summed E-state index contributed by atoms with van der Waals surface area (Å²) in [6.07, 6.45) is 1.78. The molecule has 0 bridgehead atoms. The van der Waals surface area contributed by atoms with E-state index in [9.17, 15) is 5.11 Å². The molecule has 2 heterocycles. The van der Waals surface area contributed by atoms with Crippen LogP contribution >= 0.6 is 0 Å². The van der Waals surface area contributed by atoms with Gasteiger partial charge in [0.15, 0.2) is 0 Å². The lowest BCUT2D eigenvalue weighted by atomic mass is 10.2. The number of H-pyrrole nitrogens is 1. The number of nitrogens with zero attached hydrogens (tertiary/aromatic N) is 2. The summed E-state index contributed by atoms with van der Waals surface area (Å²) in [5.74, 6) is 0.785. The standard InChI is InChI=1S/C12H10N4O2/c13-8-4-3-7(6-10(8)17)12-15-11(16-18-12)9-2-1-5-14-9/h1-6,14,17H,13H2. The fourth-order valence-corrected chi connectivity index (χ4v) is 1.60. The fraction of sp³-hybridized carbons (Fsp3) is 0. The molecule has 0 atom stereocenters. The van der Waals surface area contributed by atoms with E-state index in [1.807, 2.05) is 12.1 Å². The van der Waals surface area contributed by atoms with Crippen molar-refractivity contribution >= 4 is 5.69 Å². The molecule has 0 aliphatic rings. The van der Waals surface area contributed by atoms with Crippen molar-refractivity contribution < 1.29 is 9.63 Å². The molecule has 18 heavy (non-hydrogen) atoms. The molecule has 0 aliphatic heterocycles. The van der Waals surface area contributed by atoms with Crippen molar-refractivity contribution in [3.8, 4) is 28.7 Å². The number of nitrogens with two attached hydrogens (primary N) is 1. The zero-order valence-corrected chi connectivity index (χ0v) is 9.29. The summed E-state index contributed by atoms with van der Waals surface area (Å²) >= 11 is 0. The third kappa shape index (κ3) is 1.69. The number of rotatable bonds is 2. The van der Waals surface area contributed by atoms with Crippen molar-refractivity contribution in [2.45, 2.75) is 0 Å². The summed E-state index contributed by atoms with van der Waals surface area (Å²) in [4.78, 5) is 7.22. The minimum atomic E-state index is -0.00729. The summed E-state index contributed by atoms with van der Waals surface area (Å²) in [5.41, 5.74) is 7.22. The van der Waals surface area contributed by atoms with E-state index in [0.29, 0.717) is 23.0 Å².